The van der Waals surface area contributed by atoms with Gasteiger partial charge < -0.3 is 4.74 Å². The van der Waals surface area contributed by atoms with Gasteiger partial charge in [-0.2, -0.15) is 8.98 Å². The molecule has 1 aromatic carbocycles. The molecule has 0 aliphatic rings. The summed E-state index contributed by atoms with van der Waals surface area (Å²) >= 11 is -0.540. The molecule has 76 valence electrons. The maximum atomic E-state index is 11.0. The Morgan fingerprint density at radius 2 is 2.00 bits per heavy atom. The van der Waals surface area contributed by atoms with Crippen LogP contribution in [0.2, 0.25) is 0 Å². The van der Waals surface area contributed by atoms with E-state index in [1.54, 1.807) is 6.92 Å². The average molecular weight is 213 g/mol. The summed E-state index contributed by atoms with van der Waals surface area (Å²) in [5.74, 6) is 0. The van der Waals surface area contributed by atoms with E-state index in [4.69, 9.17) is 4.18 Å². The molecule has 4 heteroatoms. The van der Waals surface area contributed by atoms with Crippen molar-refractivity contribution in [3.8, 4) is 0 Å². The number of carbonyl (C=O) groups is 1. The topological polar surface area (TPSA) is 35.5 Å². The molecule has 0 aliphatic carbocycles. The Kier molecular flexibility index (Phi) is 4.32. The van der Waals surface area contributed by atoms with Crippen molar-refractivity contribution in [3.05, 3.63) is 30.3 Å². The molecule has 0 saturated carbocycles. The van der Waals surface area contributed by atoms with Crippen molar-refractivity contribution in [1.82, 2.24) is 0 Å². The van der Waals surface area contributed by atoms with E-state index in [-0.39, 0.29) is 0 Å². The zero-order chi connectivity index (χ0) is 10.4. The van der Waals surface area contributed by atoms with E-state index < -0.39 is 17.3 Å². The number of carbonyl (C=O) groups excluding carboxylic acids is 1. The Bertz CT molecular complexity index is 287. The van der Waals surface area contributed by atoms with Crippen LogP contribution in [0.15, 0.2) is 35.2 Å². The Balaban J connectivity index is 2.50. The van der Waals surface area contributed by atoms with Crippen molar-refractivity contribution >= 4 is 17.3 Å². The lowest BCUT2D eigenvalue weighted by Crippen LogP contribution is -2.13. The Morgan fingerprint density at radius 1 is 1.36 bits per heavy atom. The highest BCUT2D eigenvalue weighted by molar-refractivity contribution is 7.92. The van der Waals surface area contributed by atoms with Gasteiger partial charge in [0.2, 0.25) is 16.1 Å². The zero-order valence-electron chi connectivity index (χ0n) is 8.23. The van der Waals surface area contributed by atoms with Crippen molar-refractivity contribution in [2.75, 3.05) is 12.9 Å². The first-order valence-electron chi connectivity index (χ1n) is 4.30. The molecule has 0 aromatic heterocycles. The normalized spacial score (nSPS) is 11.9. The molecule has 1 atom stereocenters. The number of rotatable bonds is 3. The summed E-state index contributed by atoms with van der Waals surface area (Å²) in [6.45, 7) is 2.09. The van der Waals surface area contributed by atoms with Gasteiger partial charge in [0.1, 0.15) is 6.26 Å². The Morgan fingerprint density at radius 3 is 2.57 bits per heavy atom. The molecule has 0 N–H and O–H groups in total. The van der Waals surface area contributed by atoms with Crippen molar-refractivity contribution < 1.29 is 13.7 Å². The van der Waals surface area contributed by atoms with Gasteiger partial charge in [-0.25, -0.2) is 0 Å². The second-order valence-corrected chi connectivity index (χ2v) is 4.08. The molecule has 1 unspecified atom stereocenters. The summed E-state index contributed by atoms with van der Waals surface area (Å²) in [5.41, 5.74) is 0. The van der Waals surface area contributed by atoms with Crippen LogP contribution in [0.5, 0.6) is 0 Å². The third kappa shape index (κ3) is 3.30. The third-order valence-corrected chi connectivity index (χ3v) is 2.85. The van der Waals surface area contributed by atoms with Crippen molar-refractivity contribution in [2.45, 2.75) is 11.8 Å². The lowest BCUT2D eigenvalue weighted by Gasteiger charge is -2.00. The molecule has 0 saturated heterocycles. The van der Waals surface area contributed by atoms with Crippen LogP contribution in [0.25, 0.3) is 0 Å². The van der Waals surface area contributed by atoms with Gasteiger partial charge in [-0.1, -0.05) is 18.2 Å². The second kappa shape index (κ2) is 5.54. The molecule has 0 spiro atoms. The molecule has 0 fully saturated rings. The first-order valence-corrected chi connectivity index (χ1v) is 5.86. The van der Waals surface area contributed by atoms with Gasteiger partial charge in [0, 0.05) is 0 Å². The molecule has 14 heavy (non-hydrogen) atoms. The summed E-state index contributed by atoms with van der Waals surface area (Å²) in [4.78, 5) is 12.0. The van der Waals surface area contributed by atoms with E-state index >= 15 is 0 Å². The maximum absolute atomic E-state index is 11.0. The number of ether oxygens (including phenoxy) is 1. The fourth-order valence-electron chi connectivity index (χ4n) is 0.904. The van der Waals surface area contributed by atoms with Gasteiger partial charge in [-0.05, 0) is 19.1 Å². The van der Waals surface area contributed by atoms with E-state index in [9.17, 15) is 4.79 Å². The molecular formula is C10H13O3S+. The third-order valence-electron chi connectivity index (χ3n) is 1.53. The quantitative estimate of drug-likeness (QED) is 0.571. The molecule has 0 heterocycles. The Labute approximate surface area is 86.6 Å². The van der Waals surface area contributed by atoms with Gasteiger partial charge in [-0.15, -0.1) is 0 Å². The predicted molar refractivity (Wildman–Crippen MR) is 56.1 cm³/mol. The monoisotopic (exact) mass is 213 g/mol. The standard InChI is InChI=1S/C10H13O3S/c1-3-12-10(11)13-14(2)9-7-5-4-6-8-9/h4-8H,3H2,1-2H3/q+1. The van der Waals surface area contributed by atoms with Crippen LogP contribution in [0, 0.1) is 0 Å². The summed E-state index contributed by atoms with van der Waals surface area (Å²) in [6.07, 6.45) is 1.23. The van der Waals surface area contributed by atoms with Crippen LogP contribution < -0.4 is 0 Å². The largest absolute Gasteiger partial charge is 0.556 e. The second-order valence-electron chi connectivity index (χ2n) is 2.53. The van der Waals surface area contributed by atoms with Gasteiger partial charge in [0.05, 0.1) is 6.61 Å². The average Bonchev–Trinajstić information content (AvgIpc) is 2.19. The van der Waals surface area contributed by atoms with Gasteiger partial charge in [0.25, 0.3) is 0 Å². The molecule has 0 radical (unpaired) electrons. The lowest BCUT2D eigenvalue weighted by molar-refractivity contribution is 0.110. The first kappa shape index (κ1) is 10.9. The first-order chi connectivity index (χ1) is 6.74. The Hall–Kier alpha value is -1.16. The predicted octanol–water partition coefficient (Wildman–Crippen LogP) is 2.38. The number of hydrogen-bond acceptors (Lipinski definition) is 3. The van der Waals surface area contributed by atoms with Crippen LogP contribution in [0.1, 0.15) is 6.92 Å². The molecule has 0 amide bonds. The molecule has 1 aromatic rings. The highest BCUT2D eigenvalue weighted by atomic mass is 32.2. The highest BCUT2D eigenvalue weighted by Gasteiger charge is 2.23. The fourth-order valence-corrected chi connectivity index (χ4v) is 1.79. The summed E-state index contributed by atoms with van der Waals surface area (Å²) < 4.78 is 9.72. The van der Waals surface area contributed by atoms with E-state index in [0.29, 0.717) is 6.61 Å². The highest BCUT2D eigenvalue weighted by Crippen LogP contribution is 2.12. The lowest BCUT2D eigenvalue weighted by atomic mass is 10.4. The number of benzene rings is 1. The zero-order valence-corrected chi connectivity index (χ0v) is 9.04. The van der Waals surface area contributed by atoms with Crippen molar-refractivity contribution in [3.63, 3.8) is 0 Å². The van der Waals surface area contributed by atoms with E-state index in [1.165, 1.54) is 0 Å². The molecular weight excluding hydrogens is 200 g/mol. The van der Waals surface area contributed by atoms with Crippen LogP contribution in [0.4, 0.5) is 4.79 Å². The van der Waals surface area contributed by atoms with E-state index in [2.05, 4.69) is 4.74 Å². The van der Waals surface area contributed by atoms with Crippen molar-refractivity contribution in [1.29, 1.82) is 0 Å². The number of hydrogen-bond donors (Lipinski definition) is 0. The van der Waals surface area contributed by atoms with Crippen LogP contribution in [0.3, 0.4) is 0 Å². The molecule has 0 aliphatic heterocycles. The van der Waals surface area contributed by atoms with E-state index in [0.717, 1.165) is 4.90 Å². The fraction of sp³-hybridized carbons (Fsp3) is 0.300. The molecule has 3 nitrogen and oxygen atoms in total. The van der Waals surface area contributed by atoms with Crippen LogP contribution in [-0.2, 0) is 20.1 Å². The van der Waals surface area contributed by atoms with Gasteiger partial charge in [0.15, 0.2) is 0 Å². The molecule has 1 rings (SSSR count). The summed E-state index contributed by atoms with van der Waals surface area (Å²) in [6, 6.07) is 9.58. The minimum absolute atomic E-state index is 0.338. The van der Waals surface area contributed by atoms with Crippen LogP contribution in [-0.4, -0.2) is 19.0 Å². The minimum atomic E-state index is -0.609. The summed E-state index contributed by atoms with van der Waals surface area (Å²) in [7, 11) is 0. The molecule has 0 bridgehead atoms. The maximum Gasteiger partial charge on any atom is 0.556 e. The smallest absolute Gasteiger partial charge is 0.432 e. The minimum Gasteiger partial charge on any atom is -0.432 e. The van der Waals surface area contributed by atoms with Gasteiger partial charge in [-0.3, -0.25) is 0 Å². The SMILES string of the molecule is CCOC(=O)O[S+](C)c1ccccc1. The van der Waals surface area contributed by atoms with Gasteiger partial charge >= 0.3 is 6.16 Å². The summed E-state index contributed by atoms with van der Waals surface area (Å²) in [5, 5.41) is 0. The van der Waals surface area contributed by atoms with Crippen molar-refractivity contribution in [2.24, 2.45) is 0 Å². The van der Waals surface area contributed by atoms with E-state index in [1.807, 2.05) is 36.6 Å². The van der Waals surface area contributed by atoms with Crippen LogP contribution >= 0.6 is 0 Å².